The molecule has 9 aromatic carbocycles. The van der Waals surface area contributed by atoms with Crippen LogP contribution in [0.3, 0.4) is 0 Å². The Bertz CT molecular complexity index is 2830. The van der Waals surface area contributed by atoms with Crippen molar-refractivity contribution in [1.29, 1.82) is 0 Å². The van der Waals surface area contributed by atoms with Crippen molar-refractivity contribution in [3.63, 3.8) is 0 Å². The van der Waals surface area contributed by atoms with E-state index in [9.17, 15) is 0 Å². The Balaban J connectivity index is 0.00000208. The number of hydrogen-bond acceptors (Lipinski definition) is 3. The van der Waals surface area contributed by atoms with Crippen molar-refractivity contribution >= 4 is 43.4 Å². The Labute approximate surface area is 334 Å². The van der Waals surface area contributed by atoms with Gasteiger partial charge in [0.05, 0.1) is 11.0 Å². The molecular weight excluding hydrogens is 693 g/mol. The van der Waals surface area contributed by atoms with Gasteiger partial charge < -0.3 is 21.4 Å². The van der Waals surface area contributed by atoms with Crippen molar-refractivity contribution in [3.05, 3.63) is 211 Å². The van der Waals surface area contributed by atoms with Crippen molar-refractivity contribution in [1.82, 2.24) is 9.88 Å². The van der Waals surface area contributed by atoms with Crippen LogP contribution in [0.2, 0.25) is 0 Å². The molecule has 3 atom stereocenters. The quantitative estimate of drug-likeness (QED) is 0.129. The predicted molar refractivity (Wildman–Crippen MR) is 242 cm³/mol. The van der Waals surface area contributed by atoms with Gasteiger partial charge in [-0.1, -0.05) is 170 Å². The highest BCUT2D eigenvalue weighted by Gasteiger charge is 2.31. The maximum Gasteiger partial charge on any atom is 0.0547 e. The van der Waals surface area contributed by atoms with Crippen LogP contribution in [0.4, 0.5) is 0 Å². The van der Waals surface area contributed by atoms with Crippen LogP contribution in [0.5, 0.6) is 0 Å². The van der Waals surface area contributed by atoms with E-state index in [-0.39, 0.29) is 18.0 Å². The lowest BCUT2D eigenvalue weighted by molar-refractivity contribution is 0.418. The Hall–Kier alpha value is -6.56. The van der Waals surface area contributed by atoms with Gasteiger partial charge in [0, 0.05) is 34.5 Å². The monoisotopic (exact) mass is 738 g/mol. The van der Waals surface area contributed by atoms with Gasteiger partial charge in [-0.25, -0.2) is 0 Å². The molecule has 1 heterocycles. The summed E-state index contributed by atoms with van der Waals surface area (Å²) in [6.07, 6.45) is 0. The zero-order valence-corrected chi connectivity index (χ0v) is 32.3. The van der Waals surface area contributed by atoms with Gasteiger partial charge in [-0.05, 0) is 98.8 Å². The minimum atomic E-state index is -0.290. The van der Waals surface area contributed by atoms with Crippen LogP contribution < -0.4 is 16.8 Å². The molecule has 0 aliphatic rings. The second-order valence-electron chi connectivity index (χ2n) is 14.6. The Kier molecular flexibility index (Phi) is 9.83. The van der Waals surface area contributed by atoms with Gasteiger partial charge in [0.2, 0.25) is 0 Å². The van der Waals surface area contributed by atoms with Crippen molar-refractivity contribution in [2.24, 2.45) is 11.5 Å². The van der Waals surface area contributed by atoms with Crippen molar-refractivity contribution in [2.75, 3.05) is 14.1 Å². The average molecular weight is 739 g/mol. The molecule has 3 unspecified atom stereocenters. The first-order chi connectivity index (χ1) is 28.2. The fourth-order valence-electron chi connectivity index (χ4n) is 9.17. The third-order valence-corrected chi connectivity index (χ3v) is 11.7. The molecule has 10 aromatic rings. The van der Waals surface area contributed by atoms with E-state index in [4.69, 9.17) is 5.73 Å². The molecule has 0 fully saturated rings. The second kappa shape index (κ2) is 15.5. The van der Waals surface area contributed by atoms with Gasteiger partial charge in [0.15, 0.2) is 0 Å². The summed E-state index contributed by atoms with van der Waals surface area (Å²) in [6.45, 7) is 0. The van der Waals surface area contributed by atoms with E-state index in [1.807, 2.05) is 7.05 Å². The molecule has 0 aliphatic carbocycles. The van der Waals surface area contributed by atoms with Crippen LogP contribution in [0, 0.1) is 0 Å². The molecule has 1 aromatic heterocycles. The van der Waals surface area contributed by atoms with E-state index in [0.29, 0.717) is 0 Å². The molecule has 278 valence electrons. The van der Waals surface area contributed by atoms with Crippen LogP contribution in [0.25, 0.3) is 71.3 Å². The number of nitrogens with one attached hydrogen (secondary N) is 1. The molecular formula is C53H46N4. The molecule has 0 aliphatic heterocycles. The van der Waals surface area contributed by atoms with Gasteiger partial charge in [-0.3, -0.25) is 0 Å². The summed E-state index contributed by atoms with van der Waals surface area (Å²) in [5.74, 6) is -0.0335. The van der Waals surface area contributed by atoms with Crippen LogP contribution in [-0.4, -0.2) is 18.7 Å². The molecule has 0 amide bonds. The largest absolute Gasteiger partial charge is 0.333 e. The highest BCUT2D eigenvalue weighted by Crippen LogP contribution is 2.45. The Morgan fingerprint density at radius 1 is 0.439 bits per heavy atom. The van der Waals surface area contributed by atoms with E-state index >= 15 is 0 Å². The molecule has 0 bridgehead atoms. The summed E-state index contributed by atoms with van der Waals surface area (Å²) in [5, 5.41) is 11.5. The maximum absolute atomic E-state index is 7.50. The molecule has 0 saturated carbocycles. The number of hydrogen-bond donors (Lipinski definition) is 3. The lowest BCUT2D eigenvalue weighted by atomic mass is 9.77. The molecule has 0 radical (unpaired) electrons. The minimum Gasteiger partial charge on any atom is -0.333 e. The SMILES string of the molecule is CN.CNC(c1ccc(-c2ccccc2)cc1)C(c1ccccc1)C(N)c1ccccc1-c1ccc(-n2c3cccc4c5ccccc5c5cccc2c5c43)cc1. The standard InChI is InChI=1S/C52H41N3.CH5N/c1-54-52(38-28-26-35(27-29-38)34-14-4-2-5-15-34)48(37-16-6-3-7-17-37)51(53)45-21-11-8-18-40(45)36-30-32-39(33-31-36)55-46-24-12-22-43-41-19-9-10-20-42(41)44-23-13-25-47(55)50(44)49(43)46;1-2/h2-33,48,51-52,54H,53H2,1H3;2H2,1H3. The van der Waals surface area contributed by atoms with Crippen molar-refractivity contribution in [3.8, 4) is 27.9 Å². The molecule has 4 heteroatoms. The van der Waals surface area contributed by atoms with E-state index in [1.54, 1.807) is 0 Å². The minimum absolute atomic E-state index is 0.0171. The van der Waals surface area contributed by atoms with Gasteiger partial charge >= 0.3 is 0 Å². The highest BCUT2D eigenvalue weighted by molar-refractivity contribution is 6.34. The van der Waals surface area contributed by atoms with Crippen molar-refractivity contribution in [2.45, 2.75) is 18.0 Å². The summed E-state index contributed by atoms with van der Waals surface area (Å²) in [6, 6.07) is 69.9. The molecule has 57 heavy (non-hydrogen) atoms. The van der Waals surface area contributed by atoms with E-state index < -0.39 is 0 Å². The summed E-state index contributed by atoms with van der Waals surface area (Å²) in [5.41, 5.74) is 23.8. The number of aromatic nitrogens is 1. The average Bonchev–Trinajstić information content (AvgIpc) is 3.64. The lowest BCUT2D eigenvalue weighted by Crippen LogP contribution is -2.32. The fraction of sp³-hybridized carbons (Fsp3) is 0.0943. The maximum atomic E-state index is 7.50. The first-order valence-electron chi connectivity index (χ1n) is 19.8. The van der Waals surface area contributed by atoms with Crippen LogP contribution in [0.1, 0.15) is 34.7 Å². The zero-order chi connectivity index (χ0) is 38.9. The summed E-state index contributed by atoms with van der Waals surface area (Å²) < 4.78 is 2.43. The van der Waals surface area contributed by atoms with E-state index in [2.05, 4.69) is 210 Å². The molecule has 5 N–H and O–H groups in total. The van der Waals surface area contributed by atoms with E-state index in [0.717, 1.165) is 22.4 Å². The number of likely N-dealkylation sites (N-methyl/N-ethyl adjacent to an activating group) is 1. The van der Waals surface area contributed by atoms with Gasteiger partial charge in [-0.2, -0.15) is 0 Å². The van der Waals surface area contributed by atoms with Gasteiger partial charge in [0.25, 0.3) is 0 Å². The molecule has 10 rings (SSSR count). The number of fused-ring (bicyclic) bond motifs is 3. The third kappa shape index (κ3) is 6.25. The smallest absolute Gasteiger partial charge is 0.0547 e. The lowest BCUT2D eigenvalue weighted by Gasteiger charge is -2.34. The van der Waals surface area contributed by atoms with Gasteiger partial charge in [0.1, 0.15) is 0 Å². The molecule has 0 saturated heterocycles. The zero-order valence-electron chi connectivity index (χ0n) is 32.3. The Morgan fingerprint density at radius 3 is 1.53 bits per heavy atom. The Morgan fingerprint density at radius 2 is 0.930 bits per heavy atom. The molecule has 0 spiro atoms. The summed E-state index contributed by atoms with van der Waals surface area (Å²) in [7, 11) is 3.54. The number of rotatable bonds is 9. The second-order valence-corrected chi connectivity index (χ2v) is 14.6. The first kappa shape index (κ1) is 36.1. The number of nitrogens with zero attached hydrogens (tertiary/aromatic N) is 1. The third-order valence-electron chi connectivity index (χ3n) is 11.7. The number of nitrogens with two attached hydrogens (primary N) is 2. The van der Waals surface area contributed by atoms with Crippen LogP contribution in [0.15, 0.2) is 194 Å². The van der Waals surface area contributed by atoms with Crippen LogP contribution in [-0.2, 0) is 0 Å². The summed E-state index contributed by atoms with van der Waals surface area (Å²) in [4.78, 5) is 0. The highest BCUT2D eigenvalue weighted by atomic mass is 15.0. The fourth-order valence-corrected chi connectivity index (χ4v) is 9.17. The first-order valence-corrected chi connectivity index (χ1v) is 19.8. The topological polar surface area (TPSA) is 69.0 Å². The molecule has 4 nitrogen and oxygen atoms in total. The normalized spacial score (nSPS) is 13.1. The van der Waals surface area contributed by atoms with Crippen LogP contribution >= 0.6 is 0 Å². The van der Waals surface area contributed by atoms with Gasteiger partial charge in [-0.15, -0.1) is 0 Å². The van der Waals surface area contributed by atoms with Crippen molar-refractivity contribution < 1.29 is 0 Å². The number of benzene rings is 9. The van der Waals surface area contributed by atoms with E-state index in [1.165, 1.54) is 72.7 Å². The summed E-state index contributed by atoms with van der Waals surface area (Å²) >= 11 is 0. The predicted octanol–water partition coefficient (Wildman–Crippen LogP) is 12.2.